The van der Waals surface area contributed by atoms with Gasteiger partial charge in [-0.15, -0.1) is 0 Å². The van der Waals surface area contributed by atoms with Crippen molar-refractivity contribution in [3.63, 3.8) is 0 Å². The van der Waals surface area contributed by atoms with Crippen LogP contribution in [0.25, 0.3) is 0 Å². The molecule has 0 bridgehead atoms. The Morgan fingerprint density at radius 2 is 1.93 bits per heavy atom. The van der Waals surface area contributed by atoms with Crippen molar-refractivity contribution in [2.75, 3.05) is 13.1 Å². The number of nitrogens with one attached hydrogen (secondary N) is 1. The van der Waals surface area contributed by atoms with E-state index in [0.29, 0.717) is 6.54 Å². The lowest BCUT2D eigenvalue weighted by atomic mass is 10.1. The van der Waals surface area contributed by atoms with E-state index in [1.54, 1.807) is 0 Å². The molecule has 0 radical (unpaired) electrons. The SMILES string of the molecule is CC(c1ccccc1)N1CCC(NC(=O)Cn2cccc(C(F)(F)F)c2=O)C1. The summed E-state index contributed by atoms with van der Waals surface area (Å²) in [7, 11) is 0. The van der Waals surface area contributed by atoms with Crippen molar-refractivity contribution in [1.29, 1.82) is 0 Å². The molecule has 8 heteroatoms. The van der Waals surface area contributed by atoms with E-state index in [-0.39, 0.29) is 12.1 Å². The number of carbonyl (C=O) groups is 1. The first-order valence-electron chi connectivity index (χ1n) is 9.10. The fourth-order valence-electron chi connectivity index (χ4n) is 3.50. The Kier molecular flexibility index (Phi) is 5.88. The summed E-state index contributed by atoms with van der Waals surface area (Å²) in [6, 6.07) is 12.0. The van der Waals surface area contributed by atoms with E-state index in [2.05, 4.69) is 29.3 Å². The quantitative estimate of drug-likeness (QED) is 0.850. The molecule has 1 aromatic carbocycles. The number of aromatic nitrogens is 1. The Balaban J connectivity index is 1.59. The van der Waals surface area contributed by atoms with Gasteiger partial charge in [0.1, 0.15) is 12.1 Å². The zero-order valence-electron chi connectivity index (χ0n) is 15.4. The van der Waals surface area contributed by atoms with Crippen molar-refractivity contribution in [1.82, 2.24) is 14.8 Å². The third-order valence-electron chi connectivity index (χ3n) is 5.05. The van der Waals surface area contributed by atoms with Gasteiger partial charge in [-0.1, -0.05) is 30.3 Å². The monoisotopic (exact) mass is 393 g/mol. The van der Waals surface area contributed by atoms with Crippen LogP contribution in [0.5, 0.6) is 0 Å². The number of carbonyl (C=O) groups excluding carboxylic acids is 1. The van der Waals surface area contributed by atoms with Crippen LogP contribution in [-0.2, 0) is 17.5 Å². The molecule has 0 saturated carbocycles. The number of halogens is 3. The van der Waals surface area contributed by atoms with Crippen molar-refractivity contribution in [2.45, 2.75) is 38.1 Å². The van der Waals surface area contributed by atoms with Gasteiger partial charge >= 0.3 is 6.18 Å². The number of pyridine rings is 1. The number of rotatable bonds is 5. The van der Waals surface area contributed by atoms with E-state index < -0.39 is 29.8 Å². The van der Waals surface area contributed by atoms with Gasteiger partial charge in [-0.25, -0.2) is 0 Å². The summed E-state index contributed by atoms with van der Waals surface area (Å²) < 4.78 is 39.3. The number of hydrogen-bond donors (Lipinski definition) is 1. The van der Waals surface area contributed by atoms with Crippen molar-refractivity contribution < 1.29 is 18.0 Å². The Labute approximate surface area is 160 Å². The molecule has 150 valence electrons. The molecule has 2 atom stereocenters. The third-order valence-corrected chi connectivity index (χ3v) is 5.05. The lowest BCUT2D eigenvalue weighted by Crippen LogP contribution is -2.41. The fourth-order valence-corrected chi connectivity index (χ4v) is 3.50. The maximum Gasteiger partial charge on any atom is 0.421 e. The molecule has 3 rings (SSSR count). The highest BCUT2D eigenvalue weighted by Crippen LogP contribution is 2.26. The second kappa shape index (κ2) is 8.18. The largest absolute Gasteiger partial charge is 0.421 e. The smallest absolute Gasteiger partial charge is 0.350 e. The average molecular weight is 393 g/mol. The van der Waals surface area contributed by atoms with Gasteiger partial charge in [0.25, 0.3) is 5.56 Å². The highest BCUT2D eigenvalue weighted by atomic mass is 19.4. The normalized spacial score (nSPS) is 18.8. The zero-order chi connectivity index (χ0) is 20.3. The molecule has 0 aliphatic carbocycles. The number of hydrogen-bond acceptors (Lipinski definition) is 3. The number of amides is 1. The molecule has 1 aliphatic heterocycles. The standard InChI is InChI=1S/C20H22F3N3O2/c1-14(15-6-3-2-4-7-15)25-11-9-16(12-25)24-18(27)13-26-10-5-8-17(19(26)28)20(21,22)23/h2-8,10,14,16H,9,11-13H2,1H3,(H,24,27). The molecule has 1 aliphatic rings. The summed E-state index contributed by atoms with van der Waals surface area (Å²) in [4.78, 5) is 26.4. The summed E-state index contributed by atoms with van der Waals surface area (Å²) in [6.45, 7) is 3.12. The summed E-state index contributed by atoms with van der Waals surface area (Å²) in [5.74, 6) is -0.472. The molecule has 1 N–H and O–H groups in total. The molecule has 1 aromatic heterocycles. The van der Waals surface area contributed by atoms with Crippen LogP contribution in [0.4, 0.5) is 13.2 Å². The minimum absolute atomic E-state index is 0.0971. The highest BCUT2D eigenvalue weighted by molar-refractivity contribution is 5.76. The van der Waals surface area contributed by atoms with Gasteiger partial charge in [0.2, 0.25) is 5.91 Å². The minimum Gasteiger partial charge on any atom is -0.350 e. The number of likely N-dealkylation sites (tertiary alicyclic amines) is 1. The van der Waals surface area contributed by atoms with Crippen LogP contribution in [0.15, 0.2) is 53.5 Å². The molecule has 0 spiro atoms. The van der Waals surface area contributed by atoms with Gasteiger partial charge < -0.3 is 9.88 Å². The van der Waals surface area contributed by atoms with E-state index in [9.17, 15) is 22.8 Å². The van der Waals surface area contributed by atoms with Gasteiger partial charge in [0.15, 0.2) is 0 Å². The predicted octanol–water partition coefficient (Wildman–Crippen LogP) is 2.82. The zero-order valence-corrected chi connectivity index (χ0v) is 15.4. The summed E-state index contributed by atoms with van der Waals surface area (Å²) in [6.07, 6.45) is -2.80. The Morgan fingerprint density at radius 3 is 2.61 bits per heavy atom. The molecule has 5 nitrogen and oxygen atoms in total. The molecular formula is C20H22F3N3O2. The van der Waals surface area contributed by atoms with Gasteiger partial charge in [-0.2, -0.15) is 13.2 Å². The lowest BCUT2D eigenvalue weighted by molar-refractivity contribution is -0.139. The molecule has 1 saturated heterocycles. The number of alkyl halides is 3. The van der Waals surface area contributed by atoms with E-state index in [0.717, 1.165) is 29.7 Å². The fraction of sp³-hybridized carbons (Fsp3) is 0.400. The Bertz CT molecular complexity index is 880. The predicted molar refractivity (Wildman–Crippen MR) is 98.7 cm³/mol. The Hall–Kier alpha value is -2.61. The average Bonchev–Trinajstić information content (AvgIpc) is 3.11. The highest BCUT2D eigenvalue weighted by Gasteiger charge is 2.34. The van der Waals surface area contributed by atoms with Gasteiger partial charge in [0, 0.05) is 31.4 Å². The molecular weight excluding hydrogens is 371 g/mol. The van der Waals surface area contributed by atoms with E-state index in [1.807, 2.05) is 18.2 Å². The van der Waals surface area contributed by atoms with E-state index >= 15 is 0 Å². The van der Waals surface area contributed by atoms with Gasteiger partial charge in [-0.05, 0) is 31.0 Å². The van der Waals surface area contributed by atoms with Crippen molar-refractivity contribution in [3.05, 3.63) is 70.1 Å². The van der Waals surface area contributed by atoms with Crippen LogP contribution in [-0.4, -0.2) is 34.5 Å². The molecule has 1 fully saturated rings. The van der Waals surface area contributed by atoms with Crippen LogP contribution in [0.3, 0.4) is 0 Å². The topological polar surface area (TPSA) is 54.3 Å². The minimum atomic E-state index is -4.74. The van der Waals surface area contributed by atoms with Crippen molar-refractivity contribution in [3.8, 4) is 0 Å². The third kappa shape index (κ3) is 4.62. The lowest BCUT2D eigenvalue weighted by Gasteiger charge is -2.24. The first kappa shape index (κ1) is 20.1. The van der Waals surface area contributed by atoms with Crippen LogP contribution in [0.2, 0.25) is 0 Å². The summed E-state index contributed by atoms with van der Waals surface area (Å²) >= 11 is 0. The van der Waals surface area contributed by atoms with E-state index in [1.165, 1.54) is 11.8 Å². The maximum absolute atomic E-state index is 12.8. The summed E-state index contributed by atoms with van der Waals surface area (Å²) in [5, 5.41) is 2.83. The number of benzene rings is 1. The second-order valence-corrected chi connectivity index (χ2v) is 6.99. The van der Waals surface area contributed by atoms with Crippen LogP contribution >= 0.6 is 0 Å². The van der Waals surface area contributed by atoms with Crippen LogP contribution in [0, 0.1) is 0 Å². The van der Waals surface area contributed by atoms with Crippen molar-refractivity contribution in [2.24, 2.45) is 0 Å². The number of nitrogens with zero attached hydrogens (tertiary/aromatic N) is 2. The second-order valence-electron chi connectivity index (χ2n) is 6.99. The van der Waals surface area contributed by atoms with Gasteiger partial charge in [0.05, 0.1) is 0 Å². The van der Waals surface area contributed by atoms with Crippen LogP contribution < -0.4 is 10.9 Å². The molecule has 1 amide bonds. The van der Waals surface area contributed by atoms with E-state index in [4.69, 9.17) is 0 Å². The molecule has 2 heterocycles. The van der Waals surface area contributed by atoms with Crippen molar-refractivity contribution >= 4 is 5.91 Å². The molecule has 28 heavy (non-hydrogen) atoms. The van der Waals surface area contributed by atoms with Crippen LogP contribution in [0.1, 0.15) is 30.5 Å². The summed E-state index contributed by atoms with van der Waals surface area (Å²) in [5.41, 5.74) is -1.30. The first-order valence-corrected chi connectivity index (χ1v) is 9.10. The first-order chi connectivity index (χ1) is 13.3. The Morgan fingerprint density at radius 1 is 1.21 bits per heavy atom. The van der Waals surface area contributed by atoms with Gasteiger partial charge in [-0.3, -0.25) is 14.5 Å². The molecule has 2 unspecified atom stereocenters. The maximum atomic E-state index is 12.8. The molecule has 2 aromatic rings.